The Bertz CT molecular complexity index is 1150. The van der Waals surface area contributed by atoms with E-state index in [1.165, 1.54) is 48.5 Å². The first kappa shape index (κ1) is 21.7. The molecular weight excluding hydrogens is 426 g/mol. The van der Waals surface area contributed by atoms with Crippen molar-refractivity contribution in [1.82, 2.24) is 0 Å². The van der Waals surface area contributed by atoms with Crippen molar-refractivity contribution in [2.24, 2.45) is 0 Å². The molecule has 6 nitrogen and oxygen atoms in total. The summed E-state index contributed by atoms with van der Waals surface area (Å²) in [6, 6.07) is 21.6. The van der Waals surface area contributed by atoms with Crippen LogP contribution in [0.25, 0.3) is 0 Å². The van der Waals surface area contributed by atoms with Crippen LogP contribution in [0.15, 0.2) is 89.8 Å². The average molecular weight is 444 g/mol. The smallest absolute Gasteiger partial charge is 0.212 e. The number of nitrogens with zero attached hydrogens (tertiary/aromatic N) is 1. The number of carbonyl (C=O) groups excluding carboxylic acids is 1. The van der Waals surface area contributed by atoms with Gasteiger partial charge in [-0.2, -0.15) is 0 Å². The van der Waals surface area contributed by atoms with E-state index in [0.29, 0.717) is 0 Å². The van der Waals surface area contributed by atoms with E-state index in [1.807, 2.05) is 0 Å². The maximum Gasteiger partial charge on any atom is 0.212 e. The van der Waals surface area contributed by atoms with Gasteiger partial charge >= 0.3 is 0 Å². The molecule has 3 aromatic rings. The Hall–Kier alpha value is -3.03. The number of benzene rings is 3. The first-order valence-corrected chi connectivity index (χ1v) is 11.0. The standard InChI is InChI=1S/C22H18ClNO5S/c23-20-14-8-7-13-18(20)19(15-24(26)27)22(21(25)16-9-3-1-4-10-16)30(28,29)17-11-5-2-6-12-17/h1-14,19,22H,15H2/t19-,22?/m0/s1. The fourth-order valence-corrected chi connectivity index (χ4v) is 5.55. The summed E-state index contributed by atoms with van der Waals surface area (Å²) in [7, 11) is -4.27. The molecule has 0 spiro atoms. The van der Waals surface area contributed by atoms with E-state index in [9.17, 15) is 23.3 Å². The van der Waals surface area contributed by atoms with Crippen molar-refractivity contribution in [3.8, 4) is 0 Å². The first-order chi connectivity index (χ1) is 14.3. The van der Waals surface area contributed by atoms with Gasteiger partial charge in [0.05, 0.1) is 10.8 Å². The molecule has 0 saturated carbocycles. The van der Waals surface area contributed by atoms with Gasteiger partial charge in [-0.1, -0.05) is 78.3 Å². The highest BCUT2D eigenvalue weighted by atomic mass is 35.5. The van der Waals surface area contributed by atoms with E-state index >= 15 is 0 Å². The van der Waals surface area contributed by atoms with Crippen LogP contribution in [0.1, 0.15) is 21.8 Å². The molecule has 0 N–H and O–H groups in total. The monoisotopic (exact) mass is 443 g/mol. The lowest BCUT2D eigenvalue weighted by Crippen LogP contribution is -2.39. The molecule has 1 unspecified atom stereocenters. The Morgan fingerprint density at radius 2 is 1.43 bits per heavy atom. The van der Waals surface area contributed by atoms with E-state index < -0.39 is 38.3 Å². The Balaban J connectivity index is 2.24. The number of Topliss-reactive ketones (excluding diaryl/α,β-unsaturated/α-hetero) is 1. The molecule has 2 atom stereocenters. The third kappa shape index (κ3) is 4.58. The molecule has 0 saturated heterocycles. The van der Waals surface area contributed by atoms with Gasteiger partial charge in [0.15, 0.2) is 15.6 Å². The number of ketones is 1. The molecule has 0 fully saturated rings. The summed E-state index contributed by atoms with van der Waals surface area (Å²) >= 11 is 6.26. The zero-order chi connectivity index (χ0) is 21.7. The van der Waals surface area contributed by atoms with Crippen LogP contribution in [0.4, 0.5) is 0 Å². The fourth-order valence-electron chi connectivity index (χ4n) is 3.36. The number of carbonyl (C=O) groups is 1. The third-order valence-corrected chi connectivity index (χ3v) is 7.22. The van der Waals surface area contributed by atoms with Crippen molar-refractivity contribution < 1.29 is 18.1 Å². The maximum atomic E-state index is 13.6. The predicted octanol–water partition coefficient (Wildman–Crippen LogP) is 4.43. The second-order valence-electron chi connectivity index (χ2n) is 6.65. The van der Waals surface area contributed by atoms with Crippen LogP contribution < -0.4 is 0 Å². The molecule has 3 aromatic carbocycles. The largest absolute Gasteiger partial charge is 0.293 e. The fraction of sp³-hybridized carbons (Fsp3) is 0.136. The topological polar surface area (TPSA) is 94.3 Å². The van der Waals surface area contributed by atoms with Gasteiger partial charge in [-0.15, -0.1) is 0 Å². The predicted molar refractivity (Wildman–Crippen MR) is 114 cm³/mol. The summed E-state index contributed by atoms with van der Waals surface area (Å²) < 4.78 is 27.1. The van der Waals surface area contributed by atoms with Gasteiger partial charge in [-0.25, -0.2) is 8.42 Å². The molecule has 0 aliphatic heterocycles. The number of rotatable bonds is 8. The maximum absolute atomic E-state index is 13.6. The van der Waals surface area contributed by atoms with Crippen molar-refractivity contribution >= 4 is 27.2 Å². The molecule has 3 rings (SSSR count). The van der Waals surface area contributed by atoms with E-state index in [4.69, 9.17) is 11.6 Å². The molecule has 154 valence electrons. The van der Waals surface area contributed by atoms with Crippen molar-refractivity contribution in [2.45, 2.75) is 16.1 Å². The lowest BCUT2D eigenvalue weighted by molar-refractivity contribution is -0.483. The second kappa shape index (κ2) is 9.19. The summed E-state index contributed by atoms with van der Waals surface area (Å²) in [5.74, 6) is -1.99. The highest BCUT2D eigenvalue weighted by Crippen LogP contribution is 2.35. The SMILES string of the molecule is O=C(c1ccccc1)C([C@@H](C[N+](=O)[O-])c1ccccc1Cl)S(=O)(=O)c1ccccc1. The molecule has 0 heterocycles. The minimum Gasteiger partial charge on any atom is -0.293 e. The van der Waals surface area contributed by atoms with Gasteiger partial charge in [-0.3, -0.25) is 14.9 Å². The van der Waals surface area contributed by atoms with Gasteiger partial charge in [0.2, 0.25) is 6.54 Å². The van der Waals surface area contributed by atoms with E-state index in [-0.39, 0.29) is 21.0 Å². The van der Waals surface area contributed by atoms with Crippen LogP contribution in [0.2, 0.25) is 5.02 Å². The Morgan fingerprint density at radius 1 is 0.900 bits per heavy atom. The highest BCUT2D eigenvalue weighted by molar-refractivity contribution is 7.93. The van der Waals surface area contributed by atoms with Crippen molar-refractivity contribution in [1.29, 1.82) is 0 Å². The molecule has 0 radical (unpaired) electrons. The second-order valence-corrected chi connectivity index (χ2v) is 9.13. The van der Waals surface area contributed by atoms with Gasteiger partial charge in [-0.05, 0) is 23.8 Å². The van der Waals surface area contributed by atoms with Crippen molar-refractivity contribution in [2.75, 3.05) is 6.54 Å². The summed E-state index contributed by atoms with van der Waals surface area (Å²) in [6.45, 7) is -0.765. The molecular formula is C22H18ClNO5S. The van der Waals surface area contributed by atoms with Gasteiger partial charge in [0, 0.05) is 15.5 Å². The van der Waals surface area contributed by atoms with E-state index in [0.717, 1.165) is 0 Å². The summed E-state index contributed by atoms with van der Waals surface area (Å²) in [4.78, 5) is 24.2. The normalized spacial score (nSPS) is 13.4. The number of hydrogen-bond donors (Lipinski definition) is 0. The average Bonchev–Trinajstić information content (AvgIpc) is 2.74. The Kier molecular flexibility index (Phi) is 6.64. The van der Waals surface area contributed by atoms with Crippen molar-refractivity contribution in [3.05, 3.63) is 111 Å². The molecule has 0 amide bonds. The lowest BCUT2D eigenvalue weighted by Gasteiger charge is -2.25. The van der Waals surface area contributed by atoms with Gasteiger partial charge in [0.1, 0.15) is 5.25 Å². The lowest BCUT2D eigenvalue weighted by atomic mass is 9.91. The number of hydrogen-bond acceptors (Lipinski definition) is 5. The zero-order valence-electron chi connectivity index (χ0n) is 15.7. The summed E-state index contributed by atoms with van der Waals surface area (Å²) in [5.41, 5.74) is 0.395. The first-order valence-electron chi connectivity index (χ1n) is 9.07. The van der Waals surface area contributed by atoms with Crippen LogP contribution in [0, 0.1) is 10.1 Å². The van der Waals surface area contributed by atoms with Gasteiger partial charge < -0.3 is 0 Å². The molecule has 0 aliphatic rings. The van der Waals surface area contributed by atoms with Crippen LogP contribution in [-0.2, 0) is 9.84 Å². The van der Waals surface area contributed by atoms with Gasteiger partial charge in [0.25, 0.3) is 0 Å². The van der Waals surface area contributed by atoms with Crippen LogP contribution in [0.5, 0.6) is 0 Å². The molecule has 0 aliphatic carbocycles. The Morgan fingerprint density at radius 3 is 2.00 bits per heavy atom. The van der Waals surface area contributed by atoms with Crippen LogP contribution >= 0.6 is 11.6 Å². The number of sulfone groups is 1. The highest BCUT2D eigenvalue weighted by Gasteiger charge is 2.44. The summed E-state index contributed by atoms with van der Waals surface area (Å²) in [5, 5.41) is 9.93. The molecule has 0 aromatic heterocycles. The molecule has 8 heteroatoms. The number of halogens is 1. The molecule has 30 heavy (non-hydrogen) atoms. The zero-order valence-corrected chi connectivity index (χ0v) is 17.3. The number of nitro groups is 1. The Labute approximate surface area is 179 Å². The third-order valence-electron chi connectivity index (χ3n) is 4.74. The van der Waals surface area contributed by atoms with Crippen molar-refractivity contribution in [3.63, 3.8) is 0 Å². The minimum absolute atomic E-state index is 0.0836. The van der Waals surface area contributed by atoms with Crippen LogP contribution in [-0.4, -0.2) is 30.9 Å². The van der Waals surface area contributed by atoms with E-state index in [1.54, 1.807) is 36.4 Å². The summed E-state index contributed by atoms with van der Waals surface area (Å²) in [6.07, 6.45) is 0. The van der Waals surface area contributed by atoms with Crippen LogP contribution in [0.3, 0.4) is 0 Å². The molecule has 0 bridgehead atoms. The van der Waals surface area contributed by atoms with E-state index in [2.05, 4.69) is 0 Å². The minimum atomic E-state index is -4.27. The quantitative estimate of drug-likeness (QED) is 0.291.